The van der Waals surface area contributed by atoms with E-state index < -0.39 is 6.29 Å². The summed E-state index contributed by atoms with van der Waals surface area (Å²) in [5.41, 5.74) is 0. The quantitative estimate of drug-likeness (QED) is 0.515. The van der Waals surface area contributed by atoms with E-state index >= 15 is 0 Å². The summed E-state index contributed by atoms with van der Waals surface area (Å²) in [7, 11) is 0. The van der Waals surface area contributed by atoms with Crippen molar-refractivity contribution in [1.29, 1.82) is 0 Å². The standard InChI is InChI=1S/C7H5N3O/c11-10-7-8-5-3-1-2-4-6(5)9-7/h1-4,7H. The van der Waals surface area contributed by atoms with Crippen LogP contribution in [0.25, 0.3) is 0 Å². The van der Waals surface area contributed by atoms with E-state index in [4.69, 9.17) is 0 Å². The highest BCUT2D eigenvalue weighted by Gasteiger charge is 2.06. The SMILES string of the molecule is O=NC1N=c2ccccc2=N1. The van der Waals surface area contributed by atoms with Gasteiger partial charge in [-0.1, -0.05) is 12.1 Å². The number of fused-ring (bicyclic) bond motifs is 1. The zero-order valence-corrected chi connectivity index (χ0v) is 5.64. The average molecular weight is 147 g/mol. The first-order valence-corrected chi connectivity index (χ1v) is 3.23. The van der Waals surface area contributed by atoms with Gasteiger partial charge in [-0.2, -0.15) is 0 Å². The molecule has 1 aliphatic rings. The van der Waals surface area contributed by atoms with Crippen LogP contribution in [0.1, 0.15) is 0 Å². The van der Waals surface area contributed by atoms with Crippen LogP contribution in [0.5, 0.6) is 0 Å². The summed E-state index contributed by atoms with van der Waals surface area (Å²) in [6.45, 7) is 0. The lowest BCUT2D eigenvalue weighted by Crippen LogP contribution is -2.19. The first-order chi connectivity index (χ1) is 5.40. The minimum absolute atomic E-state index is 0.747. The summed E-state index contributed by atoms with van der Waals surface area (Å²) >= 11 is 0. The molecule has 54 valence electrons. The smallest absolute Gasteiger partial charge is 0.232 e. The molecule has 11 heavy (non-hydrogen) atoms. The summed E-state index contributed by atoms with van der Waals surface area (Å²) in [4.78, 5) is 17.9. The molecule has 0 fully saturated rings. The van der Waals surface area contributed by atoms with E-state index in [1.54, 1.807) is 0 Å². The maximum absolute atomic E-state index is 10.0. The lowest BCUT2D eigenvalue weighted by molar-refractivity contribution is 0.743. The fraction of sp³-hybridized carbons (Fsp3) is 0.143. The van der Waals surface area contributed by atoms with E-state index in [0.29, 0.717) is 0 Å². The molecule has 4 heteroatoms. The highest BCUT2D eigenvalue weighted by Crippen LogP contribution is 1.94. The molecule has 1 aromatic rings. The maximum Gasteiger partial charge on any atom is 0.275 e. The van der Waals surface area contributed by atoms with Gasteiger partial charge in [-0.25, -0.2) is 9.98 Å². The van der Waals surface area contributed by atoms with Crippen LogP contribution in [0.15, 0.2) is 39.4 Å². The van der Waals surface area contributed by atoms with Gasteiger partial charge < -0.3 is 0 Å². The van der Waals surface area contributed by atoms with Gasteiger partial charge in [0.2, 0.25) is 0 Å². The molecule has 1 heterocycles. The molecule has 1 aliphatic heterocycles. The molecule has 4 nitrogen and oxygen atoms in total. The number of hydrogen-bond acceptors (Lipinski definition) is 4. The van der Waals surface area contributed by atoms with E-state index in [-0.39, 0.29) is 0 Å². The highest BCUT2D eigenvalue weighted by atomic mass is 16.3. The Morgan fingerprint density at radius 3 is 2.18 bits per heavy atom. The Balaban J connectivity index is 2.70. The minimum Gasteiger partial charge on any atom is -0.232 e. The molecule has 0 aromatic heterocycles. The van der Waals surface area contributed by atoms with Crippen LogP contribution in [-0.2, 0) is 0 Å². The summed E-state index contributed by atoms with van der Waals surface area (Å²) in [6.07, 6.45) is -0.757. The number of nitrogens with zero attached hydrogens (tertiary/aromatic N) is 3. The van der Waals surface area contributed by atoms with E-state index in [1.165, 1.54) is 0 Å². The maximum atomic E-state index is 10.0. The molecule has 0 aliphatic carbocycles. The molecule has 0 saturated carbocycles. The molecule has 0 atom stereocenters. The van der Waals surface area contributed by atoms with Crippen molar-refractivity contribution < 1.29 is 0 Å². The fourth-order valence-electron chi connectivity index (χ4n) is 1.01. The van der Waals surface area contributed by atoms with Crippen LogP contribution in [0.4, 0.5) is 0 Å². The number of benzene rings is 1. The molecule has 0 radical (unpaired) electrons. The number of para-hydroxylation sites is 2. The van der Waals surface area contributed by atoms with Gasteiger partial charge in [0.15, 0.2) is 0 Å². The first-order valence-electron chi connectivity index (χ1n) is 3.23. The second kappa shape index (κ2) is 2.23. The number of nitroso groups, excluding NO2 is 1. The van der Waals surface area contributed by atoms with Crippen molar-refractivity contribution in [2.24, 2.45) is 15.2 Å². The first kappa shape index (κ1) is 6.15. The monoisotopic (exact) mass is 147 g/mol. The zero-order chi connectivity index (χ0) is 7.68. The number of rotatable bonds is 1. The normalized spacial score (nSPS) is 14.9. The van der Waals surface area contributed by atoms with Crippen LogP contribution in [-0.4, -0.2) is 6.29 Å². The predicted molar refractivity (Wildman–Crippen MR) is 38.3 cm³/mol. The molecule has 2 rings (SSSR count). The third-order valence-corrected chi connectivity index (χ3v) is 1.49. The Kier molecular flexibility index (Phi) is 1.25. The van der Waals surface area contributed by atoms with Crippen molar-refractivity contribution >= 4 is 0 Å². The molecule has 0 unspecified atom stereocenters. The highest BCUT2D eigenvalue weighted by molar-refractivity contribution is 5.03. The Bertz CT molecular complexity index is 363. The molecule has 0 amide bonds. The lowest BCUT2D eigenvalue weighted by atomic mass is 10.3. The zero-order valence-electron chi connectivity index (χ0n) is 5.64. The molecule has 0 bridgehead atoms. The molecule has 1 aromatic carbocycles. The molecule has 0 N–H and O–H groups in total. The lowest BCUT2D eigenvalue weighted by Gasteiger charge is -1.83. The van der Waals surface area contributed by atoms with Gasteiger partial charge in [0.05, 0.1) is 10.7 Å². The van der Waals surface area contributed by atoms with E-state index in [0.717, 1.165) is 10.7 Å². The summed E-state index contributed by atoms with van der Waals surface area (Å²) < 4.78 is 0. The van der Waals surface area contributed by atoms with Gasteiger partial charge in [-0.05, 0) is 17.3 Å². The topological polar surface area (TPSA) is 54.1 Å². The second-order valence-electron chi connectivity index (χ2n) is 2.20. The third-order valence-electron chi connectivity index (χ3n) is 1.49. The summed E-state index contributed by atoms with van der Waals surface area (Å²) in [5, 5.41) is 4.21. The Hall–Kier alpha value is -1.58. The molecule has 0 saturated heterocycles. The van der Waals surface area contributed by atoms with Crippen LogP contribution in [0, 0.1) is 4.91 Å². The van der Waals surface area contributed by atoms with Crippen molar-refractivity contribution in [3.63, 3.8) is 0 Å². The van der Waals surface area contributed by atoms with Gasteiger partial charge in [0, 0.05) is 0 Å². The molecular weight excluding hydrogens is 142 g/mol. The van der Waals surface area contributed by atoms with Crippen LogP contribution >= 0.6 is 0 Å². The van der Waals surface area contributed by atoms with Crippen molar-refractivity contribution in [3.8, 4) is 0 Å². The van der Waals surface area contributed by atoms with Gasteiger partial charge in [0.25, 0.3) is 6.29 Å². The Morgan fingerprint density at radius 1 is 1.18 bits per heavy atom. The second-order valence-corrected chi connectivity index (χ2v) is 2.20. The van der Waals surface area contributed by atoms with Crippen LogP contribution in [0.2, 0.25) is 0 Å². The van der Waals surface area contributed by atoms with Crippen molar-refractivity contribution in [3.05, 3.63) is 39.9 Å². The van der Waals surface area contributed by atoms with Crippen LogP contribution < -0.4 is 10.7 Å². The van der Waals surface area contributed by atoms with Gasteiger partial charge in [-0.3, -0.25) is 0 Å². The third kappa shape index (κ3) is 0.920. The fourth-order valence-corrected chi connectivity index (χ4v) is 1.01. The van der Waals surface area contributed by atoms with Crippen LogP contribution in [0.3, 0.4) is 0 Å². The summed E-state index contributed by atoms with van der Waals surface area (Å²) in [5.74, 6) is 0. The van der Waals surface area contributed by atoms with E-state index in [1.807, 2.05) is 24.3 Å². The molecule has 0 spiro atoms. The van der Waals surface area contributed by atoms with Gasteiger partial charge in [-0.15, -0.1) is 4.91 Å². The molecular formula is C7H5N3O. The minimum atomic E-state index is -0.757. The summed E-state index contributed by atoms with van der Waals surface area (Å²) in [6, 6.07) is 7.32. The largest absolute Gasteiger partial charge is 0.275 e. The van der Waals surface area contributed by atoms with E-state index in [2.05, 4.69) is 15.2 Å². The number of hydrogen-bond donors (Lipinski definition) is 0. The van der Waals surface area contributed by atoms with Gasteiger partial charge in [0.1, 0.15) is 0 Å². The van der Waals surface area contributed by atoms with E-state index in [9.17, 15) is 4.91 Å². The van der Waals surface area contributed by atoms with Gasteiger partial charge >= 0.3 is 0 Å². The Labute approximate surface area is 62.3 Å². The van der Waals surface area contributed by atoms with Crippen molar-refractivity contribution in [2.75, 3.05) is 0 Å². The van der Waals surface area contributed by atoms with Crippen molar-refractivity contribution in [1.82, 2.24) is 0 Å². The predicted octanol–water partition coefficient (Wildman–Crippen LogP) is -0.0106. The average Bonchev–Trinajstić information content (AvgIpc) is 2.46. The van der Waals surface area contributed by atoms with Crippen molar-refractivity contribution in [2.45, 2.75) is 6.29 Å². The Morgan fingerprint density at radius 2 is 1.73 bits per heavy atom.